The highest BCUT2D eigenvalue weighted by Crippen LogP contribution is 2.17. The Kier molecular flexibility index (Phi) is 4.77. The van der Waals surface area contributed by atoms with Crippen LogP contribution in [0.4, 0.5) is 0 Å². The van der Waals surface area contributed by atoms with Gasteiger partial charge in [-0.2, -0.15) is 0 Å². The molecule has 0 fully saturated rings. The lowest BCUT2D eigenvalue weighted by molar-refractivity contribution is 0.0952. The molecule has 1 atom stereocenters. The molecule has 1 aromatic carbocycles. The van der Waals surface area contributed by atoms with Gasteiger partial charge in [-0.1, -0.05) is 37.3 Å². The number of thiophene rings is 1. The average Bonchev–Trinajstić information content (AvgIpc) is 2.83. The van der Waals surface area contributed by atoms with E-state index in [0.29, 0.717) is 12.5 Å². The summed E-state index contributed by atoms with van der Waals surface area (Å²) in [5, 5.41) is 4.87. The Bertz CT molecular complexity index is 524. The second-order valence-corrected chi connectivity index (χ2v) is 6.97. The van der Waals surface area contributed by atoms with Crippen molar-refractivity contribution in [1.29, 1.82) is 0 Å². The third kappa shape index (κ3) is 3.55. The number of carbonyl (C=O) groups excluding carboxylic acids is 1. The Labute approximate surface area is 125 Å². The maximum absolute atomic E-state index is 11.9. The molecule has 0 radical (unpaired) electrons. The van der Waals surface area contributed by atoms with Crippen LogP contribution in [0.2, 0.25) is 0 Å². The van der Waals surface area contributed by atoms with Gasteiger partial charge < -0.3 is 5.32 Å². The van der Waals surface area contributed by atoms with E-state index in [-0.39, 0.29) is 5.91 Å². The number of rotatable bonds is 4. The van der Waals surface area contributed by atoms with E-state index < -0.39 is 0 Å². The highest BCUT2D eigenvalue weighted by Gasteiger charge is 2.10. The first kappa shape index (κ1) is 13.5. The first-order chi connectivity index (χ1) is 8.66. The number of carbonyl (C=O) groups is 1. The molecule has 2 nitrogen and oxygen atoms in total. The van der Waals surface area contributed by atoms with Crippen molar-refractivity contribution >= 4 is 39.8 Å². The van der Waals surface area contributed by atoms with Crippen LogP contribution in [0.25, 0.3) is 0 Å². The van der Waals surface area contributed by atoms with E-state index in [2.05, 4.69) is 47.0 Å². The second kappa shape index (κ2) is 6.33. The number of benzene rings is 1. The van der Waals surface area contributed by atoms with Crippen molar-refractivity contribution < 1.29 is 4.79 Å². The molecule has 94 valence electrons. The molecule has 4 heteroatoms. The topological polar surface area (TPSA) is 29.1 Å². The first-order valence-corrected chi connectivity index (χ1v) is 7.70. The minimum atomic E-state index is 0.0111. The summed E-state index contributed by atoms with van der Waals surface area (Å²) in [5.74, 6) is 0.338. The molecule has 1 heterocycles. The zero-order valence-corrected chi connectivity index (χ0v) is 13.0. The Morgan fingerprint density at radius 2 is 2.11 bits per heavy atom. The van der Waals surface area contributed by atoms with E-state index in [4.69, 9.17) is 0 Å². The molecule has 0 aliphatic heterocycles. The largest absolute Gasteiger partial charge is 0.351 e. The summed E-state index contributed by atoms with van der Waals surface area (Å²) < 4.78 is 1.13. The van der Waals surface area contributed by atoms with Crippen LogP contribution in [0.1, 0.15) is 28.8 Å². The van der Waals surface area contributed by atoms with Gasteiger partial charge in [-0.15, -0.1) is 11.3 Å². The summed E-state index contributed by atoms with van der Waals surface area (Å²) in [6, 6.07) is 12.1. The van der Waals surface area contributed by atoms with Crippen LogP contribution < -0.4 is 5.32 Å². The fourth-order valence-corrected chi connectivity index (χ4v) is 3.00. The molecule has 1 aromatic heterocycles. The van der Waals surface area contributed by atoms with E-state index in [1.165, 1.54) is 5.56 Å². The molecule has 2 aromatic rings. The van der Waals surface area contributed by atoms with Crippen molar-refractivity contribution in [3.8, 4) is 0 Å². The van der Waals surface area contributed by atoms with Crippen LogP contribution in [0.3, 0.4) is 0 Å². The normalized spacial score (nSPS) is 12.1. The third-order valence-electron chi connectivity index (χ3n) is 2.77. The first-order valence-electron chi connectivity index (χ1n) is 5.74. The van der Waals surface area contributed by atoms with Crippen molar-refractivity contribution in [1.82, 2.24) is 5.32 Å². The minimum Gasteiger partial charge on any atom is -0.351 e. The van der Waals surface area contributed by atoms with Crippen LogP contribution >= 0.6 is 33.9 Å². The van der Waals surface area contributed by atoms with Crippen molar-refractivity contribution in [2.24, 2.45) is 0 Å². The van der Waals surface area contributed by atoms with E-state index in [1.807, 2.05) is 29.6 Å². The summed E-state index contributed by atoms with van der Waals surface area (Å²) in [7, 11) is 0. The number of hydrogen-bond donors (Lipinski definition) is 1. The smallest absolute Gasteiger partial charge is 0.252 e. The predicted octanol–water partition coefficient (Wildman–Crippen LogP) is 3.89. The van der Waals surface area contributed by atoms with Gasteiger partial charge in [0.25, 0.3) is 5.91 Å². The van der Waals surface area contributed by atoms with Crippen LogP contribution in [0.5, 0.6) is 0 Å². The molecule has 0 bridgehead atoms. The van der Waals surface area contributed by atoms with Crippen LogP contribution in [0.15, 0.2) is 41.8 Å². The summed E-state index contributed by atoms with van der Waals surface area (Å²) in [4.78, 5) is 11.9. The fraction of sp³-hybridized carbons (Fsp3) is 0.214. The van der Waals surface area contributed by atoms with Crippen LogP contribution in [0, 0.1) is 2.88 Å². The third-order valence-corrected chi connectivity index (χ3v) is 4.56. The molecular weight excluding hydrogens is 357 g/mol. The molecule has 1 amide bonds. The Hall–Kier alpha value is -0.880. The van der Waals surface area contributed by atoms with Gasteiger partial charge in [0, 0.05) is 11.9 Å². The highest BCUT2D eigenvalue weighted by molar-refractivity contribution is 14.1. The standard InChI is InChI=1S/C14H14INOS/c1-10(11-5-3-2-4-6-11)8-16-14(17)12-7-13(15)18-9-12/h2-7,9-10H,8H2,1H3,(H,16,17). The Balaban J connectivity index is 1.90. The summed E-state index contributed by atoms with van der Waals surface area (Å²) in [6.07, 6.45) is 0. The molecule has 0 aliphatic rings. The van der Waals surface area contributed by atoms with Gasteiger partial charge in [-0.3, -0.25) is 4.79 Å². The molecule has 0 aliphatic carbocycles. The zero-order chi connectivity index (χ0) is 13.0. The van der Waals surface area contributed by atoms with Gasteiger partial charge in [0.05, 0.1) is 8.45 Å². The molecule has 1 N–H and O–H groups in total. The quantitative estimate of drug-likeness (QED) is 0.812. The summed E-state index contributed by atoms with van der Waals surface area (Å²) in [6.45, 7) is 2.78. The molecule has 18 heavy (non-hydrogen) atoms. The SMILES string of the molecule is CC(CNC(=O)c1csc(I)c1)c1ccccc1. The van der Waals surface area contributed by atoms with Crippen LogP contribution in [-0.2, 0) is 0 Å². The lowest BCUT2D eigenvalue weighted by Gasteiger charge is -2.12. The van der Waals surface area contributed by atoms with Gasteiger partial charge in [-0.25, -0.2) is 0 Å². The van der Waals surface area contributed by atoms with Crippen molar-refractivity contribution in [2.45, 2.75) is 12.8 Å². The highest BCUT2D eigenvalue weighted by atomic mass is 127. The number of nitrogens with one attached hydrogen (secondary N) is 1. The van der Waals surface area contributed by atoms with E-state index in [9.17, 15) is 4.79 Å². The Morgan fingerprint density at radius 1 is 1.39 bits per heavy atom. The monoisotopic (exact) mass is 371 g/mol. The zero-order valence-electron chi connectivity index (χ0n) is 10.0. The molecule has 2 rings (SSSR count). The average molecular weight is 371 g/mol. The van der Waals surface area contributed by atoms with Gasteiger partial charge in [0.1, 0.15) is 0 Å². The number of halogens is 1. The van der Waals surface area contributed by atoms with Crippen molar-refractivity contribution in [3.63, 3.8) is 0 Å². The van der Waals surface area contributed by atoms with Gasteiger partial charge >= 0.3 is 0 Å². The molecule has 0 saturated carbocycles. The Morgan fingerprint density at radius 3 is 2.72 bits per heavy atom. The maximum Gasteiger partial charge on any atom is 0.252 e. The molecular formula is C14H14INOS. The number of amides is 1. The van der Waals surface area contributed by atoms with E-state index in [0.717, 1.165) is 8.45 Å². The van der Waals surface area contributed by atoms with Crippen molar-refractivity contribution in [3.05, 3.63) is 55.8 Å². The van der Waals surface area contributed by atoms with E-state index in [1.54, 1.807) is 11.3 Å². The van der Waals surface area contributed by atoms with Gasteiger partial charge in [0.15, 0.2) is 0 Å². The predicted molar refractivity (Wildman–Crippen MR) is 84.2 cm³/mol. The second-order valence-electron chi connectivity index (χ2n) is 4.16. The maximum atomic E-state index is 11.9. The van der Waals surface area contributed by atoms with Gasteiger partial charge in [0.2, 0.25) is 0 Å². The summed E-state index contributed by atoms with van der Waals surface area (Å²) >= 11 is 3.81. The molecule has 1 unspecified atom stereocenters. The minimum absolute atomic E-state index is 0.0111. The molecule has 0 saturated heterocycles. The lowest BCUT2D eigenvalue weighted by Crippen LogP contribution is -2.27. The van der Waals surface area contributed by atoms with Crippen molar-refractivity contribution in [2.75, 3.05) is 6.54 Å². The number of hydrogen-bond acceptors (Lipinski definition) is 2. The fourth-order valence-electron chi connectivity index (χ4n) is 1.68. The molecule has 0 spiro atoms. The van der Waals surface area contributed by atoms with Gasteiger partial charge in [-0.05, 0) is 40.1 Å². The summed E-state index contributed by atoms with van der Waals surface area (Å²) in [5.41, 5.74) is 2.00. The lowest BCUT2D eigenvalue weighted by atomic mass is 10.0. The van der Waals surface area contributed by atoms with E-state index >= 15 is 0 Å². The van der Waals surface area contributed by atoms with Crippen LogP contribution in [-0.4, -0.2) is 12.5 Å².